The molecule has 0 bridgehead atoms. The van der Waals surface area contributed by atoms with E-state index in [0.29, 0.717) is 21.8 Å². The molecule has 0 radical (unpaired) electrons. The quantitative estimate of drug-likeness (QED) is 0.828. The summed E-state index contributed by atoms with van der Waals surface area (Å²) < 4.78 is 0. The molecule has 0 saturated heterocycles. The second kappa shape index (κ2) is 7.56. The molecule has 0 aliphatic rings. The maximum Gasteiger partial charge on any atom is 0.251 e. The second-order valence-electron chi connectivity index (χ2n) is 4.88. The molecular weight excluding hydrogens is 316 g/mol. The number of nitrogens with one attached hydrogen (secondary N) is 2. The van der Waals surface area contributed by atoms with Gasteiger partial charge in [0, 0.05) is 21.8 Å². The van der Waals surface area contributed by atoms with Crippen LogP contribution in [-0.2, 0) is 4.79 Å². The molecule has 0 aliphatic carbocycles. The molecule has 0 unspecified atom stereocenters. The number of hydrogen-bond acceptors (Lipinski definition) is 3. The predicted octanol–water partition coefficient (Wildman–Crippen LogP) is 2.91. The van der Waals surface area contributed by atoms with E-state index in [2.05, 4.69) is 10.6 Å². The zero-order valence-electron chi connectivity index (χ0n) is 12.4. The van der Waals surface area contributed by atoms with E-state index < -0.39 is 0 Å². The molecule has 0 saturated carbocycles. The molecule has 2 aromatic carbocycles. The first kappa shape index (κ1) is 16.7. The number of rotatable bonds is 5. The van der Waals surface area contributed by atoms with E-state index in [-0.39, 0.29) is 24.1 Å². The highest BCUT2D eigenvalue weighted by atomic mass is 35.5. The molecule has 0 aromatic heterocycles. The van der Waals surface area contributed by atoms with Crippen molar-refractivity contribution in [2.75, 3.05) is 11.9 Å². The zero-order chi connectivity index (χ0) is 16.8. The van der Waals surface area contributed by atoms with Gasteiger partial charge >= 0.3 is 0 Å². The molecule has 2 amide bonds. The van der Waals surface area contributed by atoms with Gasteiger partial charge in [0.2, 0.25) is 5.91 Å². The van der Waals surface area contributed by atoms with Gasteiger partial charge in [-0.25, -0.2) is 0 Å². The van der Waals surface area contributed by atoms with Crippen LogP contribution in [0.4, 0.5) is 5.69 Å². The van der Waals surface area contributed by atoms with Crippen LogP contribution in [0.2, 0.25) is 5.02 Å². The summed E-state index contributed by atoms with van der Waals surface area (Å²) in [6, 6.07) is 13.0. The first-order chi connectivity index (χ1) is 11.0. The number of ketones is 1. The molecular formula is C17H15ClN2O3. The van der Waals surface area contributed by atoms with E-state index >= 15 is 0 Å². The third-order valence-corrected chi connectivity index (χ3v) is 3.28. The van der Waals surface area contributed by atoms with Crippen LogP contribution in [0.15, 0.2) is 48.5 Å². The van der Waals surface area contributed by atoms with Crippen LogP contribution in [0.25, 0.3) is 0 Å². The molecule has 2 aromatic rings. The van der Waals surface area contributed by atoms with E-state index in [0.717, 1.165) is 0 Å². The van der Waals surface area contributed by atoms with Gasteiger partial charge < -0.3 is 10.6 Å². The van der Waals surface area contributed by atoms with Crippen molar-refractivity contribution in [3.63, 3.8) is 0 Å². The van der Waals surface area contributed by atoms with Crippen LogP contribution in [0.3, 0.4) is 0 Å². The molecule has 0 spiro atoms. The van der Waals surface area contributed by atoms with Crippen molar-refractivity contribution in [1.82, 2.24) is 5.32 Å². The fourth-order valence-electron chi connectivity index (χ4n) is 1.91. The lowest BCUT2D eigenvalue weighted by molar-refractivity contribution is -0.115. The first-order valence-corrected chi connectivity index (χ1v) is 7.28. The van der Waals surface area contributed by atoms with Gasteiger partial charge in [0.1, 0.15) is 0 Å². The summed E-state index contributed by atoms with van der Waals surface area (Å²) in [5, 5.41) is 5.58. The molecule has 0 fully saturated rings. The van der Waals surface area contributed by atoms with E-state index in [1.54, 1.807) is 42.5 Å². The highest BCUT2D eigenvalue weighted by Crippen LogP contribution is 2.12. The van der Waals surface area contributed by atoms with Crippen molar-refractivity contribution in [2.45, 2.75) is 6.92 Å². The summed E-state index contributed by atoms with van der Waals surface area (Å²) >= 11 is 5.81. The Morgan fingerprint density at radius 3 is 2.39 bits per heavy atom. The van der Waals surface area contributed by atoms with Crippen molar-refractivity contribution in [3.05, 3.63) is 64.7 Å². The standard InChI is InChI=1S/C17H15ClN2O3/c1-11(21)12-4-3-7-15(9-12)20-16(22)10-19-17(23)13-5-2-6-14(18)8-13/h2-9H,10H2,1H3,(H,19,23)(H,20,22). The Labute approximate surface area is 138 Å². The molecule has 0 aliphatic heterocycles. The van der Waals surface area contributed by atoms with Crippen LogP contribution < -0.4 is 10.6 Å². The van der Waals surface area contributed by atoms with Crippen LogP contribution in [0, 0.1) is 0 Å². The Kier molecular flexibility index (Phi) is 5.49. The SMILES string of the molecule is CC(=O)c1cccc(NC(=O)CNC(=O)c2cccc(Cl)c2)c1. The molecule has 0 atom stereocenters. The van der Waals surface area contributed by atoms with Gasteiger partial charge in [0.25, 0.3) is 5.91 Å². The maximum atomic E-state index is 11.9. The Morgan fingerprint density at radius 1 is 1.00 bits per heavy atom. The van der Waals surface area contributed by atoms with E-state index in [9.17, 15) is 14.4 Å². The van der Waals surface area contributed by atoms with Crippen LogP contribution in [0.1, 0.15) is 27.6 Å². The zero-order valence-corrected chi connectivity index (χ0v) is 13.2. The molecule has 118 valence electrons. The first-order valence-electron chi connectivity index (χ1n) is 6.90. The Morgan fingerprint density at radius 2 is 1.70 bits per heavy atom. The minimum atomic E-state index is -0.389. The Hall–Kier alpha value is -2.66. The number of carbonyl (C=O) groups is 3. The number of carbonyl (C=O) groups excluding carboxylic acids is 3. The topological polar surface area (TPSA) is 75.3 Å². The summed E-state index contributed by atoms with van der Waals surface area (Å²) in [5.74, 6) is -0.864. The highest BCUT2D eigenvalue weighted by molar-refractivity contribution is 6.31. The molecule has 2 N–H and O–H groups in total. The Bertz CT molecular complexity index is 759. The third kappa shape index (κ3) is 4.93. The van der Waals surface area contributed by atoms with Gasteiger partial charge in [-0.3, -0.25) is 14.4 Å². The van der Waals surface area contributed by atoms with Crippen molar-refractivity contribution in [2.24, 2.45) is 0 Å². The average molecular weight is 331 g/mol. The van der Waals surface area contributed by atoms with Gasteiger partial charge in [-0.2, -0.15) is 0 Å². The monoisotopic (exact) mass is 330 g/mol. The molecule has 23 heavy (non-hydrogen) atoms. The molecule has 5 nitrogen and oxygen atoms in total. The molecule has 6 heteroatoms. The smallest absolute Gasteiger partial charge is 0.251 e. The lowest BCUT2D eigenvalue weighted by Gasteiger charge is -2.08. The fourth-order valence-corrected chi connectivity index (χ4v) is 2.10. The second-order valence-corrected chi connectivity index (χ2v) is 5.31. The summed E-state index contributed by atoms with van der Waals surface area (Å²) in [4.78, 5) is 35.1. The lowest BCUT2D eigenvalue weighted by atomic mass is 10.1. The van der Waals surface area contributed by atoms with Gasteiger partial charge in [-0.05, 0) is 37.3 Å². The van der Waals surface area contributed by atoms with Gasteiger partial charge in [0.15, 0.2) is 5.78 Å². The number of benzene rings is 2. The summed E-state index contributed by atoms with van der Waals surface area (Å²) in [7, 11) is 0. The van der Waals surface area contributed by atoms with Crippen molar-refractivity contribution >= 4 is 34.9 Å². The van der Waals surface area contributed by atoms with Crippen molar-refractivity contribution < 1.29 is 14.4 Å². The molecule has 0 heterocycles. The largest absolute Gasteiger partial charge is 0.343 e. The van der Waals surface area contributed by atoms with E-state index in [4.69, 9.17) is 11.6 Å². The number of Topliss-reactive ketones (excluding diaryl/α,β-unsaturated/α-hetero) is 1. The molecule has 2 rings (SSSR count). The third-order valence-electron chi connectivity index (χ3n) is 3.05. The van der Waals surface area contributed by atoms with Gasteiger partial charge in [0.05, 0.1) is 6.54 Å². The van der Waals surface area contributed by atoms with E-state index in [1.807, 2.05) is 0 Å². The van der Waals surface area contributed by atoms with Gasteiger partial charge in [-0.1, -0.05) is 29.8 Å². The van der Waals surface area contributed by atoms with Gasteiger partial charge in [-0.15, -0.1) is 0 Å². The van der Waals surface area contributed by atoms with Crippen LogP contribution in [0.5, 0.6) is 0 Å². The van der Waals surface area contributed by atoms with Crippen molar-refractivity contribution in [3.8, 4) is 0 Å². The number of anilines is 1. The average Bonchev–Trinajstić information content (AvgIpc) is 2.53. The summed E-state index contributed by atoms with van der Waals surface area (Å²) in [6.07, 6.45) is 0. The summed E-state index contributed by atoms with van der Waals surface area (Å²) in [6.45, 7) is 1.27. The van der Waals surface area contributed by atoms with Crippen molar-refractivity contribution in [1.29, 1.82) is 0 Å². The minimum Gasteiger partial charge on any atom is -0.343 e. The van der Waals surface area contributed by atoms with Crippen LogP contribution in [-0.4, -0.2) is 24.1 Å². The Balaban J connectivity index is 1.91. The summed E-state index contributed by atoms with van der Waals surface area (Å²) in [5.41, 5.74) is 1.38. The predicted molar refractivity (Wildman–Crippen MR) is 88.9 cm³/mol. The van der Waals surface area contributed by atoms with Crippen LogP contribution >= 0.6 is 11.6 Å². The maximum absolute atomic E-state index is 11.9. The number of amides is 2. The number of hydrogen-bond donors (Lipinski definition) is 2. The normalized spacial score (nSPS) is 10.0. The minimum absolute atomic E-state index is 0.0876. The highest BCUT2D eigenvalue weighted by Gasteiger charge is 2.09. The van der Waals surface area contributed by atoms with E-state index in [1.165, 1.54) is 13.0 Å². The number of halogens is 1. The lowest BCUT2D eigenvalue weighted by Crippen LogP contribution is -2.32. The fraction of sp³-hybridized carbons (Fsp3) is 0.118.